The van der Waals surface area contributed by atoms with Crippen molar-refractivity contribution in [1.29, 1.82) is 0 Å². The number of nitrogens with zero attached hydrogens (tertiary/aromatic N) is 3. The van der Waals surface area contributed by atoms with E-state index in [2.05, 4.69) is 25.6 Å². The van der Waals surface area contributed by atoms with Crippen molar-refractivity contribution in [1.82, 2.24) is 14.6 Å². The Kier molecular flexibility index (Phi) is 7.98. The van der Waals surface area contributed by atoms with E-state index in [1.807, 2.05) is 24.3 Å². The lowest BCUT2D eigenvalue weighted by molar-refractivity contribution is -0.0391. The Morgan fingerprint density at radius 1 is 0.933 bits per heavy atom. The van der Waals surface area contributed by atoms with E-state index < -0.39 is 15.9 Å². The van der Waals surface area contributed by atoms with Gasteiger partial charge in [-0.2, -0.15) is 0 Å². The number of aromatic hydroxyl groups is 1. The first-order chi connectivity index (χ1) is 21.7. The zero-order valence-electron chi connectivity index (χ0n) is 25.8. The van der Waals surface area contributed by atoms with Gasteiger partial charge >= 0.3 is 0 Å². The SMILES string of the molecule is COc1cc(-c2cncc(O)c2)ccc1CN1CCN(c2ccc(C(=O)NS(=O)(=O)CC34CC5CC(CC(C5)C3)C4)cc2)CC1. The van der Waals surface area contributed by atoms with Gasteiger partial charge in [0.05, 0.1) is 19.1 Å². The number of benzene rings is 2. The Morgan fingerprint density at radius 3 is 2.22 bits per heavy atom. The molecule has 9 nitrogen and oxygen atoms in total. The zero-order chi connectivity index (χ0) is 31.2. The fourth-order valence-electron chi connectivity index (χ4n) is 8.98. The molecule has 5 fully saturated rings. The lowest BCUT2D eigenvalue weighted by Gasteiger charge is -2.56. The van der Waals surface area contributed by atoms with Crippen molar-refractivity contribution in [3.05, 3.63) is 72.1 Å². The first-order valence-corrected chi connectivity index (χ1v) is 17.7. The van der Waals surface area contributed by atoms with Gasteiger partial charge in [-0.15, -0.1) is 0 Å². The van der Waals surface area contributed by atoms with Gasteiger partial charge in [-0.05, 0) is 104 Å². The number of carbonyl (C=O) groups is 1. The molecule has 1 amide bonds. The average Bonchev–Trinajstić information content (AvgIpc) is 3.00. The summed E-state index contributed by atoms with van der Waals surface area (Å²) in [5, 5.41) is 9.79. The molecular formula is C35H42N4O5S. The standard InChI is InChI=1S/C35H42N4O5S/c1-44-33-16-28(30-15-32(40)21-36-20-30)2-3-29(33)22-38-8-10-39(11-9-38)31-6-4-27(5-7-31)34(41)37-45(42,43)23-35-17-24-12-25(18-35)14-26(13-24)19-35/h2-7,15-16,20-21,24-26,40H,8-14,17-19,22-23H2,1H3,(H,37,41). The first kappa shape index (κ1) is 30.0. The van der Waals surface area contributed by atoms with Crippen molar-refractivity contribution in [3.8, 4) is 22.6 Å². The predicted molar refractivity (Wildman–Crippen MR) is 174 cm³/mol. The number of hydrogen-bond acceptors (Lipinski definition) is 8. The highest BCUT2D eigenvalue weighted by molar-refractivity contribution is 7.90. The molecule has 2 aromatic carbocycles. The summed E-state index contributed by atoms with van der Waals surface area (Å²) >= 11 is 0. The third-order valence-electron chi connectivity index (χ3n) is 10.5. The van der Waals surface area contributed by atoms with Gasteiger partial charge in [-0.3, -0.25) is 14.7 Å². The number of anilines is 1. The van der Waals surface area contributed by atoms with Crippen LogP contribution in [0.1, 0.15) is 54.4 Å². The lowest BCUT2D eigenvalue weighted by atomic mass is 9.50. The number of pyridine rings is 1. The number of ether oxygens (including phenoxy) is 1. The number of sulfonamides is 1. The molecule has 238 valence electrons. The summed E-state index contributed by atoms with van der Waals surface area (Å²) < 4.78 is 34.4. The molecule has 2 N–H and O–H groups in total. The van der Waals surface area contributed by atoms with Crippen molar-refractivity contribution >= 4 is 21.6 Å². The molecule has 2 heterocycles. The number of aromatic nitrogens is 1. The van der Waals surface area contributed by atoms with Crippen molar-refractivity contribution in [3.63, 3.8) is 0 Å². The smallest absolute Gasteiger partial charge is 0.264 e. The van der Waals surface area contributed by atoms with Crippen LogP contribution in [-0.2, 0) is 16.6 Å². The van der Waals surface area contributed by atoms with Gasteiger partial charge in [-0.1, -0.05) is 12.1 Å². The summed E-state index contributed by atoms with van der Waals surface area (Å²) in [7, 11) is -2.04. The van der Waals surface area contributed by atoms with Crippen molar-refractivity contribution in [2.24, 2.45) is 23.2 Å². The van der Waals surface area contributed by atoms with Gasteiger partial charge in [0.15, 0.2) is 0 Å². The molecule has 4 bridgehead atoms. The quantitative estimate of drug-likeness (QED) is 0.338. The van der Waals surface area contributed by atoms with Crippen molar-refractivity contribution in [2.45, 2.75) is 45.1 Å². The summed E-state index contributed by atoms with van der Waals surface area (Å²) in [6.07, 6.45) is 9.90. The van der Waals surface area contributed by atoms with Crippen LogP contribution in [0.15, 0.2) is 60.9 Å². The third kappa shape index (κ3) is 6.53. The maximum atomic E-state index is 13.1. The van der Waals surface area contributed by atoms with Crippen LogP contribution in [0.4, 0.5) is 5.69 Å². The summed E-state index contributed by atoms with van der Waals surface area (Å²) in [4.78, 5) is 21.7. The largest absolute Gasteiger partial charge is 0.506 e. The fraction of sp³-hybridized carbons (Fsp3) is 0.486. The molecule has 10 heteroatoms. The van der Waals surface area contributed by atoms with E-state index in [4.69, 9.17) is 4.74 Å². The summed E-state index contributed by atoms with van der Waals surface area (Å²) in [6, 6.07) is 15.0. The molecule has 8 rings (SSSR count). The number of hydrogen-bond donors (Lipinski definition) is 2. The molecule has 0 atom stereocenters. The number of nitrogens with one attached hydrogen (secondary N) is 1. The van der Waals surface area contributed by atoms with Crippen LogP contribution >= 0.6 is 0 Å². The van der Waals surface area contributed by atoms with E-state index in [0.29, 0.717) is 23.3 Å². The molecule has 1 aromatic heterocycles. The second-order valence-electron chi connectivity index (χ2n) is 13.9. The summed E-state index contributed by atoms with van der Waals surface area (Å²) in [5.74, 6) is 2.45. The second-order valence-corrected chi connectivity index (χ2v) is 15.6. The molecule has 4 aliphatic carbocycles. The van der Waals surface area contributed by atoms with Crippen molar-refractivity contribution in [2.75, 3.05) is 43.9 Å². The molecule has 0 spiro atoms. The number of rotatable bonds is 9. The van der Waals surface area contributed by atoms with Crippen LogP contribution in [0, 0.1) is 23.2 Å². The normalized spacial score (nSPS) is 26.2. The van der Waals surface area contributed by atoms with Crippen LogP contribution < -0.4 is 14.4 Å². The van der Waals surface area contributed by atoms with E-state index >= 15 is 0 Å². The average molecular weight is 631 g/mol. The third-order valence-corrected chi connectivity index (χ3v) is 12.0. The highest BCUT2D eigenvalue weighted by atomic mass is 32.2. The minimum absolute atomic E-state index is 0.0721. The summed E-state index contributed by atoms with van der Waals surface area (Å²) in [6.45, 7) is 4.16. The molecule has 0 unspecified atom stereocenters. The molecular weight excluding hydrogens is 588 g/mol. The molecule has 4 saturated carbocycles. The van der Waals surface area contributed by atoms with Crippen LogP contribution in [-0.4, -0.2) is 68.4 Å². The van der Waals surface area contributed by atoms with E-state index in [1.54, 1.807) is 31.5 Å². The monoisotopic (exact) mass is 630 g/mol. The Bertz CT molecular complexity index is 1630. The number of carbonyl (C=O) groups excluding carboxylic acids is 1. The van der Waals surface area contributed by atoms with Gasteiger partial charge < -0.3 is 14.7 Å². The van der Waals surface area contributed by atoms with Crippen LogP contribution in [0.3, 0.4) is 0 Å². The molecule has 45 heavy (non-hydrogen) atoms. The number of methoxy groups -OCH3 is 1. The second kappa shape index (κ2) is 11.9. The van der Waals surface area contributed by atoms with Crippen LogP contribution in [0.2, 0.25) is 0 Å². The Balaban J connectivity index is 0.925. The van der Waals surface area contributed by atoms with Gasteiger partial charge in [-0.25, -0.2) is 13.1 Å². The lowest BCUT2D eigenvalue weighted by Crippen LogP contribution is -2.51. The summed E-state index contributed by atoms with van der Waals surface area (Å²) in [5.41, 5.74) is 4.09. The molecule has 5 aliphatic rings. The van der Waals surface area contributed by atoms with E-state index in [-0.39, 0.29) is 16.9 Å². The Morgan fingerprint density at radius 2 is 1.60 bits per heavy atom. The van der Waals surface area contributed by atoms with Gasteiger partial charge in [0.25, 0.3) is 5.91 Å². The van der Waals surface area contributed by atoms with Crippen LogP contribution in [0.25, 0.3) is 11.1 Å². The maximum absolute atomic E-state index is 13.1. The Hall–Kier alpha value is -3.63. The minimum Gasteiger partial charge on any atom is -0.506 e. The molecule has 0 radical (unpaired) electrons. The number of amides is 1. The van der Waals surface area contributed by atoms with Gasteiger partial charge in [0, 0.05) is 61.3 Å². The van der Waals surface area contributed by atoms with Gasteiger partial charge in [0.2, 0.25) is 10.0 Å². The van der Waals surface area contributed by atoms with Crippen molar-refractivity contribution < 1.29 is 23.1 Å². The Labute approximate surface area is 265 Å². The van der Waals surface area contributed by atoms with E-state index in [0.717, 1.165) is 80.1 Å². The van der Waals surface area contributed by atoms with Gasteiger partial charge in [0.1, 0.15) is 11.5 Å². The topological polar surface area (TPSA) is 112 Å². The zero-order valence-corrected chi connectivity index (χ0v) is 26.6. The molecule has 3 aromatic rings. The molecule has 1 aliphatic heterocycles. The highest BCUT2D eigenvalue weighted by Crippen LogP contribution is 2.60. The minimum atomic E-state index is -3.71. The maximum Gasteiger partial charge on any atom is 0.264 e. The van der Waals surface area contributed by atoms with E-state index in [9.17, 15) is 18.3 Å². The first-order valence-electron chi connectivity index (χ1n) is 16.1. The van der Waals surface area contributed by atoms with E-state index in [1.165, 1.54) is 25.5 Å². The number of piperazine rings is 1. The predicted octanol–water partition coefficient (Wildman–Crippen LogP) is 5.06. The fourth-order valence-corrected chi connectivity index (χ4v) is 10.6. The molecule has 1 saturated heterocycles. The highest BCUT2D eigenvalue weighted by Gasteiger charge is 2.52. The van der Waals surface area contributed by atoms with Crippen LogP contribution in [0.5, 0.6) is 11.5 Å².